The van der Waals surface area contributed by atoms with E-state index in [0.717, 1.165) is 19.3 Å². The largest absolute Gasteiger partial charge is 0.395 e. The van der Waals surface area contributed by atoms with Gasteiger partial charge in [0.1, 0.15) is 0 Å². The van der Waals surface area contributed by atoms with E-state index in [0.29, 0.717) is 6.54 Å². The molecule has 1 aliphatic rings. The first kappa shape index (κ1) is 12.4. The van der Waals surface area contributed by atoms with E-state index in [1.807, 2.05) is 0 Å². The van der Waals surface area contributed by atoms with Gasteiger partial charge in [0, 0.05) is 19.6 Å². The number of amides is 1. The number of nitrogens with two attached hydrogens (primary N) is 1. The van der Waals surface area contributed by atoms with Gasteiger partial charge in [-0.05, 0) is 12.8 Å². The van der Waals surface area contributed by atoms with Gasteiger partial charge in [0.05, 0.1) is 18.6 Å². The molecule has 1 rings (SSSR count). The topological polar surface area (TPSA) is 86.8 Å². The van der Waals surface area contributed by atoms with Crippen LogP contribution in [0.15, 0.2) is 0 Å². The van der Waals surface area contributed by atoms with Gasteiger partial charge in [0.2, 0.25) is 5.91 Å². The number of aliphatic hydroxyl groups excluding tert-OH is 2. The SMILES string of the molecule is NCC1(C(=O)N(CCO)CCO)CCC1. The fraction of sp³-hybridized carbons (Fsp3) is 0.900. The third-order valence-corrected chi connectivity index (χ3v) is 3.18. The van der Waals surface area contributed by atoms with E-state index in [9.17, 15) is 4.79 Å². The van der Waals surface area contributed by atoms with Crippen molar-refractivity contribution in [1.29, 1.82) is 0 Å². The van der Waals surface area contributed by atoms with Crippen LogP contribution in [0.4, 0.5) is 0 Å². The maximum atomic E-state index is 12.1. The number of carbonyl (C=O) groups is 1. The van der Waals surface area contributed by atoms with Crippen molar-refractivity contribution in [1.82, 2.24) is 4.90 Å². The number of hydrogen-bond donors (Lipinski definition) is 3. The third-order valence-electron chi connectivity index (χ3n) is 3.18. The van der Waals surface area contributed by atoms with Crippen molar-refractivity contribution in [2.24, 2.45) is 11.1 Å². The third kappa shape index (κ3) is 2.48. The molecule has 1 aliphatic carbocycles. The Kier molecular flexibility index (Phi) is 4.50. The summed E-state index contributed by atoms with van der Waals surface area (Å²) in [6.07, 6.45) is 2.69. The molecule has 0 bridgehead atoms. The number of hydrogen-bond acceptors (Lipinski definition) is 4. The molecule has 0 radical (unpaired) electrons. The van der Waals surface area contributed by atoms with Crippen LogP contribution in [-0.2, 0) is 4.79 Å². The second kappa shape index (κ2) is 5.44. The summed E-state index contributed by atoms with van der Waals surface area (Å²) in [6, 6.07) is 0. The smallest absolute Gasteiger partial charge is 0.230 e. The summed E-state index contributed by atoms with van der Waals surface area (Å²) >= 11 is 0. The molecule has 0 aromatic heterocycles. The zero-order valence-corrected chi connectivity index (χ0v) is 8.98. The molecule has 0 saturated heterocycles. The average Bonchev–Trinajstić information content (AvgIpc) is 2.16. The molecule has 1 saturated carbocycles. The Labute approximate surface area is 89.9 Å². The molecule has 0 atom stereocenters. The Hall–Kier alpha value is -0.650. The lowest BCUT2D eigenvalue weighted by molar-refractivity contribution is -0.147. The number of carbonyl (C=O) groups excluding carboxylic acids is 1. The van der Waals surface area contributed by atoms with Crippen LogP contribution in [0.5, 0.6) is 0 Å². The zero-order chi connectivity index (χ0) is 11.3. The molecule has 0 spiro atoms. The molecule has 15 heavy (non-hydrogen) atoms. The summed E-state index contributed by atoms with van der Waals surface area (Å²) in [5.41, 5.74) is 5.21. The Morgan fingerprint density at radius 3 is 2.07 bits per heavy atom. The van der Waals surface area contributed by atoms with E-state index >= 15 is 0 Å². The first-order chi connectivity index (χ1) is 7.20. The van der Waals surface area contributed by atoms with Gasteiger partial charge < -0.3 is 20.8 Å². The zero-order valence-electron chi connectivity index (χ0n) is 8.98. The van der Waals surface area contributed by atoms with E-state index in [2.05, 4.69) is 0 Å². The second-order valence-corrected chi connectivity index (χ2v) is 4.08. The van der Waals surface area contributed by atoms with Crippen LogP contribution in [0.2, 0.25) is 0 Å². The fourth-order valence-electron chi connectivity index (χ4n) is 2.00. The summed E-state index contributed by atoms with van der Waals surface area (Å²) < 4.78 is 0. The highest BCUT2D eigenvalue weighted by molar-refractivity contribution is 5.84. The Morgan fingerprint density at radius 1 is 1.27 bits per heavy atom. The van der Waals surface area contributed by atoms with E-state index < -0.39 is 5.41 Å². The van der Waals surface area contributed by atoms with Gasteiger partial charge in [-0.3, -0.25) is 4.79 Å². The maximum absolute atomic E-state index is 12.1. The van der Waals surface area contributed by atoms with Crippen molar-refractivity contribution in [2.75, 3.05) is 32.8 Å². The molecule has 1 fully saturated rings. The van der Waals surface area contributed by atoms with E-state index in [4.69, 9.17) is 15.9 Å². The van der Waals surface area contributed by atoms with Gasteiger partial charge in [-0.15, -0.1) is 0 Å². The molecule has 4 N–H and O–H groups in total. The second-order valence-electron chi connectivity index (χ2n) is 4.08. The van der Waals surface area contributed by atoms with Gasteiger partial charge in [0.15, 0.2) is 0 Å². The maximum Gasteiger partial charge on any atom is 0.230 e. The van der Waals surface area contributed by atoms with Crippen LogP contribution in [0, 0.1) is 5.41 Å². The molecule has 0 aliphatic heterocycles. The van der Waals surface area contributed by atoms with Crippen molar-refractivity contribution >= 4 is 5.91 Å². The predicted octanol–water partition coefficient (Wildman–Crippen LogP) is -1.07. The van der Waals surface area contributed by atoms with E-state index in [1.54, 1.807) is 0 Å². The molecule has 0 unspecified atom stereocenters. The van der Waals surface area contributed by atoms with Crippen molar-refractivity contribution in [3.8, 4) is 0 Å². The molecular weight excluding hydrogens is 196 g/mol. The van der Waals surface area contributed by atoms with Gasteiger partial charge in [-0.25, -0.2) is 0 Å². The predicted molar refractivity (Wildman–Crippen MR) is 56.1 cm³/mol. The fourth-order valence-corrected chi connectivity index (χ4v) is 2.00. The molecule has 5 nitrogen and oxygen atoms in total. The van der Waals surface area contributed by atoms with Crippen LogP contribution < -0.4 is 5.73 Å². The summed E-state index contributed by atoms with van der Waals surface area (Å²) in [4.78, 5) is 13.6. The van der Waals surface area contributed by atoms with Crippen LogP contribution >= 0.6 is 0 Å². The molecule has 5 heteroatoms. The number of nitrogens with zero attached hydrogens (tertiary/aromatic N) is 1. The Bertz CT molecular complexity index is 205. The first-order valence-corrected chi connectivity index (χ1v) is 5.41. The van der Waals surface area contributed by atoms with E-state index in [-0.39, 0.29) is 32.2 Å². The summed E-state index contributed by atoms with van der Waals surface area (Å²) in [5.74, 6) is -0.0145. The van der Waals surface area contributed by atoms with Crippen molar-refractivity contribution in [3.05, 3.63) is 0 Å². The molecule has 0 aromatic rings. The van der Waals surface area contributed by atoms with Crippen molar-refractivity contribution < 1.29 is 15.0 Å². The Morgan fingerprint density at radius 2 is 1.80 bits per heavy atom. The molecule has 88 valence electrons. The van der Waals surface area contributed by atoms with Gasteiger partial charge in [0.25, 0.3) is 0 Å². The van der Waals surface area contributed by atoms with Crippen LogP contribution in [-0.4, -0.2) is 53.9 Å². The van der Waals surface area contributed by atoms with Crippen LogP contribution in [0.25, 0.3) is 0 Å². The first-order valence-electron chi connectivity index (χ1n) is 5.41. The normalized spacial score (nSPS) is 18.3. The highest BCUT2D eigenvalue weighted by Crippen LogP contribution is 2.41. The minimum Gasteiger partial charge on any atom is -0.395 e. The Balaban J connectivity index is 2.61. The lowest BCUT2D eigenvalue weighted by Crippen LogP contribution is -2.53. The molecule has 1 amide bonds. The quantitative estimate of drug-likeness (QED) is 0.527. The monoisotopic (exact) mass is 216 g/mol. The van der Waals surface area contributed by atoms with Crippen molar-refractivity contribution in [3.63, 3.8) is 0 Å². The van der Waals surface area contributed by atoms with Crippen molar-refractivity contribution in [2.45, 2.75) is 19.3 Å². The lowest BCUT2D eigenvalue weighted by atomic mass is 9.68. The summed E-state index contributed by atoms with van der Waals surface area (Å²) in [6.45, 7) is 0.764. The molecule has 0 aromatic carbocycles. The molecular formula is C10H20N2O3. The van der Waals surface area contributed by atoms with Gasteiger partial charge in [-0.2, -0.15) is 0 Å². The van der Waals surface area contributed by atoms with Gasteiger partial charge >= 0.3 is 0 Å². The number of rotatable bonds is 6. The minimum absolute atomic E-state index is 0.0145. The van der Waals surface area contributed by atoms with Crippen LogP contribution in [0.3, 0.4) is 0 Å². The number of aliphatic hydroxyl groups is 2. The van der Waals surface area contributed by atoms with Crippen LogP contribution in [0.1, 0.15) is 19.3 Å². The van der Waals surface area contributed by atoms with Gasteiger partial charge in [-0.1, -0.05) is 6.42 Å². The highest BCUT2D eigenvalue weighted by Gasteiger charge is 2.44. The molecule has 0 heterocycles. The lowest BCUT2D eigenvalue weighted by Gasteiger charge is -2.42. The highest BCUT2D eigenvalue weighted by atomic mass is 16.3. The minimum atomic E-state index is -0.412. The van der Waals surface area contributed by atoms with E-state index in [1.165, 1.54) is 4.90 Å². The summed E-state index contributed by atoms with van der Waals surface area (Å²) in [7, 11) is 0. The standard InChI is InChI=1S/C10H20N2O3/c11-8-10(2-1-3-10)9(15)12(4-6-13)5-7-14/h13-14H,1-8,11H2. The average molecular weight is 216 g/mol. The summed E-state index contributed by atoms with van der Waals surface area (Å²) in [5, 5.41) is 17.7.